The SMILES string of the molecule is O=C(O)c1cccc(-c2ccn(-c3ccc(F)cc3F)n2)c1. The third-order valence-electron chi connectivity index (χ3n) is 3.15. The highest BCUT2D eigenvalue weighted by Crippen LogP contribution is 2.21. The zero-order chi connectivity index (χ0) is 15.7. The van der Waals surface area contributed by atoms with E-state index in [0.29, 0.717) is 11.3 Å². The smallest absolute Gasteiger partial charge is 0.335 e. The number of carboxylic acids is 1. The van der Waals surface area contributed by atoms with Crippen molar-refractivity contribution in [1.82, 2.24) is 9.78 Å². The molecule has 3 aromatic rings. The van der Waals surface area contributed by atoms with Crippen LogP contribution in [0, 0.1) is 11.6 Å². The first-order valence-corrected chi connectivity index (χ1v) is 6.39. The van der Waals surface area contributed by atoms with E-state index in [4.69, 9.17) is 5.11 Å². The van der Waals surface area contributed by atoms with E-state index < -0.39 is 17.6 Å². The third-order valence-corrected chi connectivity index (χ3v) is 3.15. The zero-order valence-corrected chi connectivity index (χ0v) is 11.2. The third kappa shape index (κ3) is 2.58. The Hall–Kier alpha value is -3.02. The van der Waals surface area contributed by atoms with Gasteiger partial charge in [0.05, 0.1) is 11.3 Å². The van der Waals surface area contributed by atoms with E-state index in [-0.39, 0.29) is 11.3 Å². The molecule has 0 aliphatic rings. The van der Waals surface area contributed by atoms with Gasteiger partial charge in [-0.1, -0.05) is 12.1 Å². The molecule has 0 radical (unpaired) electrons. The van der Waals surface area contributed by atoms with Crippen LogP contribution in [0.5, 0.6) is 0 Å². The molecule has 0 spiro atoms. The van der Waals surface area contributed by atoms with Gasteiger partial charge in [0.2, 0.25) is 0 Å². The molecule has 0 aliphatic heterocycles. The maximum absolute atomic E-state index is 13.7. The van der Waals surface area contributed by atoms with Crippen molar-refractivity contribution in [2.75, 3.05) is 0 Å². The number of rotatable bonds is 3. The summed E-state index contributed by atoms with van der Waals surface area (Å²) in [5.41, 5.74) is 1.34. The Balaban J connectivity index is 2.00. The van der Waals surface area contributed by atoms with Crippen molar-refractivity contribution in [1.29, 1.82) is 0 Å². The van der Waals surface area contributed by atoms with E-state index in [9.17, 15) is 13.6 Å². The van der Waals surface area contributed by atoms with Gasteiger partial charge in [-0.05, 0) is 30.3 Å². The minimum atomic E-state index is -1.04. The summed E-state index contributed by atoms with van der Waals surface area (Å²) >= 11 is 0. The van der Waals surface area contributed by atoms with Crippen molar-refractivity contribution < 1.29 is 18.7 Å². The average molecular weight is 300 g/mol. The van der Waals surface area contributed by atoms with Crippen LogP contribution >= 0.6 is 0 Å². The van der Waals surface area contributed by atoms with Crippen LogP contribution in [0.3, 0.4) is 0 Å². The Kier molecular flexibility index (Phi) is 3.42. The molecule has 22 heavy (non-hydrogen) atoms. The van der Waals surface area contributed by atoms with Gasteiger partial charge in [0.25, 0.3) is 0 Å². The van der Waals surface area contributed by atoms with E-state index in [1.165, 1.54) is 29.1 Å². The van der Waals surface area contributed by atoms with Gasteiger partial charge in [0.1, 0.15) is 11.5 Å². The van der Waals surface area contributed by atoms with Crippen molar-refractivity contribution in [3.63, 3.8) is 0 Å². The Bertz CT molecular complexity index is 859. The van der Waals surface area contributed by atoms with Gasteiger partial charge in [0, 0.05) is 17.8 Å². The molecular formula is C16H10F2N2O2. The second-order valence-electron chi connectivity index (χ2n) is 4.63. The second-order valence-corrected chi connectivity index (χ2v) is 4.63. The number of hydrogen-bond donors (Lipinski definition) is 1. The van der Waals surface area contributed by atoms with E-state index in [1.807, 2.05) is 0 Å². The Morgan fingerprint density at radius 3 is 2.64 bits per heavy atom. The van der Waals surface area contributed by atoms with Gasteiger partial charge in [-0.3, -0.25) is 0 Å². The molecule has 2 aromatic carbocycles. The molecule has 1 aromatic heterocycles. The number of hydrogen-bond acceptors (Lipinski definition) is 2. The molecule has 0 saturated heterocycles. The zero-order valence-electron chi connectivity index (χ0n) is 11.2. The van der Waals surface area contributed by atoms with Crippen LogP contribution in [-0.2, 0) is 0 Å². The highest BCUT2D eigenvalue weighted by molar-refractivity contribution is 5.89. The number of benzene rings is 2. The fraction of sp³-hybridized carbons (Fsp3) is 0. The Morgan fingerprint density at radius 2 is 1.91 bits per heavy atom. The standard InChI is InChI=1S/C16H10F2N2O2/c17-12-4-5-15(13(18)9-12)20-7-6-14(19-20)10-2-1-3-11(8-10)16(21)22/h1-9H,(H,21,22). The maximum atomic E-state index is 13.7. The van der Waals surface area contributed by atoms with Crippen LogP contribution < -0.4 is 0 Å². The molecule has 0 unspecified atom stereocenters. The topological polar surface area (TPSA) is 55.1 Å². The lowest BCUT2D eigenvalue weighted by molar-refractivity contribution is 0.0697. The van der Waals surface area contributed by atoms with Gasteiger partial charge < -0.3 is 5.11 Å². The molecular weight excluding hydrogens is 290 g/mol. The molecule has 4 nitrogen and oxygen atoms in total. The van der Waals surface area contributed by atoms with Gasteiger partial charge in [-0.25, -0.2) is 18.3 Å². The molecule has 0 amide bonds. The first-order chi connectivity index (χ1) is 10.5. The summed E-state index contributed by atoms with van der Waals surface area (Å²) in [4.78, 5) is 11.0. The van der Waals surface area contributed by atoms with Gasteiger partial charge in [-0.15, -0.1) is 0 Å². The lowest BCUT2D eigenvalue weighted by atomic mass is 10.1. The number of halogens is 2. The minimum absolute atomic E-state index is 0.113. The van der Waals surface area contributed by atoms with Crippen LogP contribution in [-0.4, -0.2) is 20.9 Å². The minimum Gasteiger partial charge on any atom is -0.478 e. The Labute approximate surface area is 124 Å². The summed E-state index contributed by atoms with van der Waals surface area (Å²) in [5, 5.41) is 13.2. The largest absolute Gasteiger partial charge is 0.478 e. The monoisotopic (exact) mass is 300 g/mol. The molecule has 3 rings (SSSR count). The summed E-state index contributed by atoms with van der Waals surface area (Å²) in [6.45, 7) is 0. The number of nitrogens with zero attached hydrogens (tertiary/aromatic N) is 2. The van der Waals surface area contributed by atoms with Crippen molar-refractivity contribution in [3.05, 3.63) is 71.9 Å². The lowest BCUT2D eigenvalue weighted by Crippen LogP contribution is -1.99. The molecule has 0 fully saturated rings. The van der Waals surface area contributed by atoms with Gasteiger partial charge in [-0.2, -0.15) is 5.10 Å². The van der Waals surface area contributed by atoms with Crippen LogP contribution in [0.15, 0.2) is 54.7 Å². The van der Waals surface area contributed by atoms with Gasteiger partial charge >= 0.3 is 5.97 Å². The van der Waals surface area contributed by atoms with Crippen LogP contribution in [0.25, 0.3) is 16.9 Å². The molecule has 6 heteroatoms. The fourth-order valence-electron chi connectivity index (χ4n) is 2.09. The average Bonchev–Trinajstić information content (AvgIpc) is 2.97. The van der Waals surface area contributed by atoms with Gasteiger partial charge in [0.15, 0.2) is 5.82 Å². The van der Waals surface area contributed by atoms with Crippen molar-refractivity contribution >= 4 is 5.97 Å². The molecule has 1 heterocycles. The van der Waals surface area contributed by atoms with Crippen molar-refractivity contribution in [2.45, 2.75) is 0 Å². The summed E-state index contributed by atoms with van der Waals surface area (Å²) < 4.78 is 27.9. The summed E-state index contributed by atoms with van der Waals surface area (Å²) in [6.07, 6.45) is 1.53. The molecule has 0 bridgehead atoms. The first-order valence-electron chi connectivity index (χ1n) is 6.39. The Morgan fingerprint density at radius 1 is 1.09 bits per heavy atom. The van der Waals surface area contributed by atoms with Crippen molar-refractivity contribution in [3.8, 4) is 16.9 Å². The lowest BCUT2D eigenvalue weighted by Gasteiger charge is -2.03. The number of aromatic carboxylic acids is 1. The quantitative estimate of drug-likeness (QED) is 0.805. The predicted molar refractivity (Wildman–Crippen MR) is 75.9 cm³/mol. The fourth-order valence-corrected chi connectivity index (χ4v) is 2.09. The van der Waals surface area contributed by atoms with E-state index >= 15 is 0 Å². The number of carboxylic acid groups (broad SMARTS) is 1. The summed E-state index contributed by atoms with van der Waals surface area (Å²) in [6, 6.07) is 11.1. The molecule has 110 valence electrons. The molecule has 0 atom stereocenters. The molecule has 0 saturated carbocycles. The molecule has 1 N–H and O–H groups in total. The second kappa shape index (κ2) is 5.40. The highest BCUT2D eigenvalue weighted by atomic mass is 19.1. The van der Waals surface area contributed by atoms with Crippen LogP contribution in [0.2, 0.25) is 0 Å². The number of aromatic nitrogens is 2. The summed E-state index contributed by atoms with van der Waals surface area (Å²) in [5.74, 6) is -2.43. The van der Waals surface area contributed by atoms with Crippen molar-refractivity contribution in [2.24, 2.45) is 0 Å². The van der Waals surface area contributed by atoms with E-state index in [1.54, 1.807) is 18.2 Å². The number of carbonyl (C=O) groups is 1. The predicted octanol–water partition coefficient (Wildman–Crippen LogP) is 3.52. The normalized spacial score (nSPS) is 10.6. The highest BCUT2D eigenvalue weighted by Gasteiger charge is 2.10. The van der Waals surface area contributed by atoms with E-state index in [0.717, 1.165) is 12.1 Å². The summed E-state index contributed by atoms with van der Waals surface area (Å²) in [7, 11) is 0. The van der Waals surface area contributed by atoms with Crippen LogP contribution in [0.1, 0.15) is 10.4 Å². The van der Waals surface area contributed by atoms with Crippen LogP contribution in [0.4, 0.5) is 8.78 Å². The van der Waals surface area contributed by atoms with E-state index in [2.05, 4.69) is 5.10 Å². The maximum Gasteiger partial charge on any atom is 0.335 e. The first kappa shape index (κ1) is 13.9. The molecule has 0 aliphatic carbocycles.